The SMILES string of the molecule is CN=C(NCc1cccs1)NCC(c1ccc(Cl)cc1)N(C)C.I. The monoisotopic (exact) mass is 478 g/mol. The van der Waals surface area contributed by atoms with Crippen molar-refractivity contribution in [2.24, 2.45) is 4.99 Å². The number of nitrogens with zero attached hydrogens (tertiary/aromatic N) is 2. The van der Waals surface area contributed by atoms with Crippen molar-refractivity contribution in [3.05, 3.63) is 57.2 Å². The van der Waals surface area contributed by atoms with E-state index < -0.39 is 0 Å². The van der Waals surface area contributed by atoms with E-state index in [1.165, 1.54) is 10.4 Å². The molecular formula is C17H24ClIN4S. The molecule has 0 spiro atoms. The molecule has 0 aliphatic heterocycles. The first-order valence-electron chi connectivity index (χ1n) is 7.49. The summed E-state index contributed by atoms with van der Waals surface area (Å²) in [5.41, 5.74) is 1.22. The Bertz CT molecular complexity index is 614. The maximum absolute atomic E-state index is 5.98. The first-order chi connectivity index (χ1) is 11.1. The predicted octanol–water partition coefficient (Wildman–Crippen LogP) is 3.99. The van der Waals surface area contributed by atoms with Crippen LogP contribution in [0.2, 0.25) is 5.02 Å². The van der Waals surface area contributed by atoms with Crippen LogP contribution in [0.15, 0.2) is 46.8 Å². The summed E-state index contributed by atoms with van der Waals surface area (Å²) in [6.45, 7) is 1.55. The van der Waals surface area contributed by atoms with Crippen LogP contribution in [0.4, 0.5) is 0 Å². The number of likely N-dealkylation sites (N-methyl/N-ethyl adjacent to an activating group) is 1. The van der Waals surface area contributed by atoms with Crippen LogP contribution in [0.5, 0.6) is 0 Å². The van der Waals surface area contributed by atoms with E-state index in [4.69, 9.17) is 11.6 Å². The average molecular weight is 479 g/mol. The van der Waals surface area contributed by atoms with Crippen LogP contribution in [-0.4, -0.2) is 38.5 Å². The smallest absolute Gasteiger partial charge is 0.191 e. The fraction of sp³-hybridized carbons (Fsp3) is 0.353. The maximum atomic E-state index is 5.98. The number of halogens is 2. The van der Waals surface area contributed by atoms with Crippen molar-refractivity contribution >= 4 is 52.9 Å². The molecule has 1 aromatic heterocycles. The second kappa shape index (κ2) is 10.9. The quantitative estimate of drug-likeness (QED) is 0.375. The number of nitrogens with one attached hydrogen (secondary N) is 2. The van der Waals surface area contributed by atoms with Gasteiger partial charge in [-0.25, -0.2) is 0 Å². The van der Waals surface area contributed by atoms with Crippen LogP contribution >= 0.6 is 46.9 Å². The number of rotatable bonds is 6. The molecule has 24 heavy (non-hydrogen) atoms. The third kappa shape index (κ3) is 6.58. The summed E-state index contributed by atoms with van der Waals surface area (Å²) < 4.78 is 0. The van der Waals surface area contributed by atoms with E-state index in [0.29, 0.717) is 0 Å². The van der Waals surface area contributed by atoms with Gasteiger partial charge >= 0.3 is 0 Å². The number of hydrogen-bond acceptors (Lipinski definition) is 3. The van der Waals surface area contributed by atoms with Gasteiger partial charge in [-0.1, -0.05) is 29.8 Å². The lowest BCUT2D eigenvalue weighted by Gasteiger charge is -2.26. The van der Waals surface area contributed by atoms with Crippen molar-refractivity contribution in [3.8, 4) is 0 Å². The Morgan fingerprint density at radius 1 is 1.21 bits per heavy atom. The highest BCUT2D eigenvalue weighted by Crippen LogP contribution is 2.19. The first-order valence-corrected chi connectivity index (χ1v) is 8.74. The molecule has 0 saturated heterocycles. The van der Waals surface area contributed by atoms with Crippen molar-refractivity contribution in [3.63, 3.8) is 0 Å². The minimum atomic E-state index is 0. The Hall–Kier alpha value is -0.830. The minimum Gasteiger partial charge on any atom is -0.354 e. The highest BCUT2D eigenvalue weighted by atomic mass is 127. The molecule has 0 fully saturated rings. The fourth-order valence-electron chi connectivity index (χ4n) is 2.28. The van der Waals surface area contributed by atoms with E-state index >= 15 is 0 Å². The fourth-order valence-corrected chi connectivity index (χ4v) is 3.05. The topological polar surface area (TPSA) is 39.7 Å². The van der Waals surface area contributed by atoms with Gasteiger partial charge in [0.05, 0.1) is 12.6 Å². The summed E-state index contributed by atoms with van der Waals surface area (Å²) in [7, 11) is 5.93. The van der Waals surface area contributed by atoms with Crippen LogP contribution in [0.1, 0.15) is 16.5 Å². The van der Waals surface area contributed by atoms with Crippen molar-refractivity contribution in [1.29, 1.82) is 0 Å². The van der Waals surface area contributed by atoms with Gasteiger partial charge in [-0.2, -0.15) is 0 Å². The zero-order chi connectivity index (χ0) is 16.7. The Morgan fingerprint density at radius 2 is 1.92 bits per heavy atom. The predicted molar refractivity (Wildman–Crippen MR) is 116 cm³/mol. The van der Waals surface area contributed by atoms with Crippen LogP contribution in [-0.2, 0) is 6.54 Å². The Labute approximate surface area is 170 Å². The van der Waals surface area contributed by atoms with Crippen molar-refractivity contribution < 1.29 is 0 Å². The zero-order valence-corrected chi connectivity index (χ0v) is 18.0. The standard InChI is InChI=1S/C17H23ClN4S.HI/c1-19-17(20-11-15-5-4-10-23-15)21-12-16(22(2)3)13-6-8-14(18)9-7-13;/h4-10,16H,11-12H2,1-3H3,(H2,19,20,21);1H. The molecule has 0 saturated carbocycles. The second-order valence-electron chi connectivity index (χ2n) is 5.42. The molecule has 0 aliphatic carbocycles. The molecule has 2 aromatic rings. The Morgan fingerprint density at radius 3 is 2.46 bits per heavy atom. The van der Waals surface area contributed by atoms with Gasteiger partial charge in [0.2, 0.25) is 0 Å². The van der Waals surface area contributed by atoms with Crippen LogP contribution in [0.25, 0.3) is 0 Å². The number of benzene rings is 1. The molecule has 4 nitrogen and oxygen atoms in total. The molecule has 0 aliphatic rings. The van der Waals surface area contributed by atoms with Crippen molar-refractivity contribution in [1.82, 2.24) is 15.5 Å². The molecule has 1 unspecified atom stereocenters. The van der Waals surface area contributed by atoms with Crippen LogP contribution in [0, 0.1) is 0 Å². The summed E-state index contributed by atoms with van der Waals surface area (Å²) in [5, 5.41) is 9.57. The molecule has 0 amide bonds. The first kappa shape index (κ1) is 21.2. The lowest BCUT2D eigenvalue weighted by molar-refractivity contribution is 0.298. The summed E-state index contributed by atoms with van der Waals surface area (Å²) >= 11 is 7.72. The summed E-state index contributed by atoms with van der Waals surface area (Å²) in [6, 6.07) is 12.4. The average Bonchev–Trinajstić information content (AvgIpc) is 3.05. The molecule has 7 heteroatoms. The molecule has 0 bridgehead atoms. The van der Waals surface area contributed by atoms with Gasteiger partial charge in [0, 0.05) is 23.5 Å². The highest BCUT2D eigenvalue weighted by molar-refractivity contribution is 14.0. The largest absolute Gasteiger partial charge is 0.354 e. The number of aliphatic imine (C=N–C) groups is 1. The summed E-state index contributed by atoms with van der Waals surface area (Å²) in [4.78, 5) is 7.76. The molecule has 1 heterocycles. The number of guanidine groups is 1. The van der Waals surface area contributed by atoms with E-state index in [1.54, 1.807) is 18.4 Å². The van der Waals surface area contributed by atoms with Gasteiger partial charge in [0.15, 0.2) is 5.96 Å². The van der Waals surface area contributed by atoms with E-state index in [-0.39, 0.29) is 30.0 Å². The molecule has 2 N–H and O–H groups in total. The molecule has 132 valence electrons. The van der Waals surface area contributed by atoms with Gasteiger partial charge < -0.3 is 15.5 Å². The van der Waals surface area contributed by atoms with Gasteiger partial charge in [-0.3, -0.25) is 4.99 Å². The molecule has 1 aromatic carbocycles. The third-order valence-corrected chi connectivity index (χ3v) is 4.70. The maximum Gasteiger partial charge on any atom is 0.191 e. The normalized spacial score (nSPS) is 12.6. The highest BCUT2D eigenvalue weighted by Gasteiger charge is 2.14. The lowest BCUT2D eigenvalue weighted by Crippen LogP contribution is -2.41. The number of thiophene rings is 1. The zero-order valence-electron chi connectivity index (χ0n) is 14.1. The lowest BCUT2D eigenvalue weighted by atomic mass is 10.1. The van der Waals surface area contributed by atoms with Crippen molar-refractivity contribution in [2.75, 3.05) is 27.7 Å². The van der Waals surface area contributed by atoms with Gasteiger partial charge in [-0.05, 0) is 43.2 Å². The third-order valence-electron chi connectivity index (χ3n) is 3.57. The molecule has 1 atom stereocenters. The summed E-state index contributed by atoms with van der Waals surface area (Å²) in [5.74, 6) is 0.805. The van der Waals surface area contributed by atoms with Gasteiger partial charge in [0.25, 0.3) is 0 Å². The van der Waals surface area contributed by atoms with Crippen LogP contribution < -0.4 is 10.6 Å². The molecule has 0 radical (unpaired) electrons. The van der Waals surface area contributed by atoms with Crippen LogP contribution in [0.3, 0.4) is 0 Å². The number of hydrogen-bond donors (Lipinski definition) is 2. The van der Waals surface area contributed by atoms with E-state index in [1.807, 2.05) is 12.1 Å². The second-order valence-corrected chi connectivity index (χ2v) is 6.89. The van der Waals surface area contributed by atoms with E-state index in [0.717, 1.165) is 24.1 Å². The van der Waals surface area contributed by atoms with Gasteiger partial charge in [-0.15, -0.1) is 35.3 Å². The molecular weight excluding hydrogens is 455 g/mol. The summed E-state index contributed by atoms with van der Waals surface area (Å²) in [6.07, 6.45) is 0. The van der Waals surface area contributed by atoms with Crippen molar-refractivity contribution in [2.45, 2.75) is 12.6 Å². The minimum absolute atomic E-state index is 0. The van der Waals surface area contributed by atoms with E-state index in [2.05, 4.69) is 64.3 Å². The molecule has 2 rings (SSSR count). The Kier molecular flexibility index (Phi) is 9.65. The Balaban J connectivity index is 0.00000288. The van der Waals surface area contributed by atoms with E-state index in [9.17, 15) is 0 Å². The van der Waals surface area contributed by atoms with Gasteiger partial charge in [0.1, 0.15) is 0 Å².